The third-order valence-corrected chi connectivity index (χ3v) is 5.12. The van der Waals surface area contributed by atoms with E-state index in [4.69, 9.17) is 9.57 Å². The highest BCUT2D eigenvalue weighted by atomic mass is 32.2. The molecule has 116 valence electrons. The number of hydrogen-bond donors (Lipinski definition) is 0. The van der Waals surface area contributed by atoms with E-state index in [9.17, 15) is 4.79 Å². The summed E-state index contributed by atoms with van der Waals surface area (Å²) in [6.07, 6.45) is -0.465. The normalized spacial score (nSPS) is 15.8. The van der Waals surface area contributed by atoms with Crippen LogP contribution in [0.1, 0.15) is 13.8 Å². The molecule has 9 heteroatoms. The highest BCUT2D eigenvalue weighted by Crippen LogP contribution is 2.19. The predicted molar refractivity (Wildman–Crippen MR) is 87.9 cm³/mol. The minimum Gasteiger partial charge on any atom is -0.379 e. The number of rotatable bonds is 5. The van der Waals surface area contributed by atoms with Gasteiger partial charge in [0.2, 0.25) is 0 Å². The Bertz CT molecular complexity index is 317. The average molecular weight is 340 g/mol. The summed E-state index contributed by atoms with van der Waals surface area (Å²) in [6.45, 7) is 7.07. The van der Waals surface area contributed by atoms with Crippen molar-refractivity contribution in [3.63, 3.8) is 0 Å². The maximum Gasteiger partial charge on any atom is 0.446 e. The second kappa shape index (κ2) is 10.6. The minimum atomic E-state index is -0.465. The van der Waals surface area contributed by atoms with Crippen molar-refractivity contribution in [3.8, 4) is 0 Å². The van der Waals surface area contributed by atoms with Gasteiger partial charge in [-0.2, -0.15) is 0 Å². The SMILES string of the molecule is CCSC(=NOC(=O)N(C)SN1CCOCC1)SCC. The van der Waals surface area contributed by atoms with Gasteiger partial charge in [-0.15, -0.1) is 0 Å². The Kier molecular flexibility index (Phi) is 9.53. The molecule has 0 aliphatic carbocycles. The van der Waals surface area contributed by atoms with E-state index < -0.39 is 6.09 Å². The Morgan fingerprint density at radius 2 is 1.90 bits per heavy atom. The van der Waals surface area contributed by atoms with E-state index in [1.807, 2.05) is 13.8 Å². The molecule has 0 aromatic heterocycles. The molecule has 1 rings (SSSR count). The van der Waals surface area contributed by atoms with Gasteiger partial charge in [0.1, 0.15) is 0 Å². The van der Waals surface area contributed by atoms with Gasteiger partial charge in [0.05, 0.1) is 13.2 Å². The monoisotopic (exact) mass is 339 g/mol. The van der Waals surface area contributed by atoms with Crippen molar-refractivity contribution in [1.29, 1.82) is 0 Å². The number of amides is 1. The molecule has 0 unspecified atom stereocenters. The first-order chi connectivity index (χ1) is 9.67. The van der Waals surface area contributed by atoms with E-state index in [2.05, 4.69) is 9.46 Å². The van der Waals surface area contributed by atoms with Crippen LogP contribution in [0.5, 0.6) is 0 Å². The van der Waals surface area contributed by atoms with Crippen LogP contribution in [0.2, 0.25) is 0 Å². The average Bonchev–Trinajstić information content (AvgIpc) is 2.46. The Hall–Kier alpha value is -0.0900. The number of carbonyl (C=O) groups is 1. The van der Waals surface area contributed by atoms with Gasteiger partial charge in [-0.05, 0) is 11.5 Å². The van der Waals surface area contributed by atoms with Gasteiger partial charge in [0.15, 0.2) is 4.38 Å². The van der Waals surface area contributed by atoms with Crippen molar-refractivity contribution in [2.75, 3.05) is 44.9 Å². The highest BCUT2D eigenvalue weighted by molar-refractivity contribution is 8.38. The number of hydrogen-bond acceptors (Lipinski definition) is 8. The molecule has 1 aliphatic heterocycles. The van der Waals surface area contributed by atoms with Crippen LogP contribution in [0, 0.1) is 0 Å². The van der Waals surface area contributed by atoms with Gasteiger partial charge in [-0.3, -0.25) is 4.84 Å². The molecular weight excluding hydrogens is 318 g/mol. The Morgan fingerprint density at radius 1 is 1.30 bits per heavy atom. The van der Waals surface area contributed by atoms with E-state index in [-0.39, 0.29) is 0 Å². The molecule has 0 atom stereocenters. The summed E-state index contributed by atoms with van der Waals surface area (Å²) in [4.78, 5) is 16.8. The van der Waals surface area contributed by atoms with E-state index >= 15 is 0 Å². The third-order valence-electron chi connectivity index (χ3n) is 2.20. The lowest BCUT2D eigenvalue weighted by molar-refractivity contribution is 0.0754. The summed E-state index contributed by atoms with van der Waals surface area (Å²) >= 11 is 4.48. The molecule has 0 N–H and O–H groups in total. The van der Waals surface area contributed by atoms with Crippen molar-refractivity contribution in [2.24, 2.45) is 5.16 Å². The van der Waals surface area contributed by atoms with Crippen molar-refractivity contribution in [2.45, 2.75) is 13.8 Å². The molecule has 1 fully saturated rings. The van der Waals surface area contributed by atoms with Crippen LogP contribution in [0.25, 0.3) is 0 Å². The molecule has 0 spiro atoms. The minimum absolute atomic E-state index is 0.465. The number of nitrogens with zero attached hydrogens (tertiary/aromatic N) is 3. The Balaban J connectivity index is 2.37. The largest absolute Gasteiger partial charge is 0.446 e. The predicted octanol–water partition coefficient (Wildman–Crippen LogP) is 2.73. The molecule has 0 bridgehead atoms. The third kappa shape index (κ3) is 7.07. The number of thioether (sulfide) groups is 2. The van der Waals surface area contributed by atoms with Crippen molar-refractivity contribution >= 4 is 46.1 Å². The highest BCUT2D eigenvalue weighted by Gasteiger charge is 2.18. The summed E-state index contributed by atoms with van der Waals surface area (Å²) in [5.41, 5.74) is 0. The molecule has 1 saturated heterocycles. The van der Waals surface area contributed by atoms with Crippen molar-refractivity contribution in [3.05, 3.63) is 0 Å². The molecule has 20 heavy (non-hydrogen) atoms. The van der Waals surface area contributed by atoms with E-state index in [1.165, 1.54) is 16.4 Å². The van der Waals surface area contributed by atoms with Gasteiger partial charge in [0, 0.05) is 32.3 Å². The first kappa shape index (κ1) is 18.0. The smallest absolute Gasteiger partial charge is 0.379 e. The maximum atomic E-state index is 11.8. The molecule has 0 aromatic rings. The van der Waals surface area contributed by atoms with Crippen LogP contribution in [0.3, 0.4) is 0 Å². The molecular formula is C11H21N3O3S3. The zero-order valence-electron chi connectivity index (χ0n) is 12.0. The summed E-state index contributed by atoms with van der Waals surface area (Å²) in [5, 5.41) is 3.91. The maximum absolute atomic E-state index is 11.8. The van der Waals surface area contributed by atoms with Crippen LogP contribution in [0.4, 0.5) is 4.79 Å². The van der Waals surface area contributed by atoms with E-state index in [0.29, 0.717) is 13.2 Å². The Morgan fingerprint density at radius 3 is 2.45 bits per heavy atom. The molecule has 1 amide bonds. The van der Waals surface area contributed by atoms with E-state index in [0.717, 1.165) is 29.0 Å². The van der Waals surface area contributed by atoms with Crippen LogP contribution in [-0.2, 0) is 9.57 Å². The summed E-state index contributed by atoms with van der Waals surface area (Å²) in [6, 6.07) is 0. The molecule has 1 heterocycles. The lowest BCUT2D eigenvalue weighted by Gasteiger charge is -2.27. The summed E-state index contributed by atoms with van der Waals surface area (Å²) in [5.74, 6) is 1.81. The fourth-order valence-corrected chi connectivity index (χ4v) is 3.78. The molecule has 1 aliphatic rings. The van der Waals surface area contributed by atoms with Crippen LogP contribution in [0.15, 0.2) is 5.16 Å². The second-order valence-electron chi connectivity index (χ2n) is 3.70. The fourth-order valence-electron chi connectivity index (χ4n) is 1.31. The molecule has 6 nitrogen and oxygen atoms in total. The fraction of sp³-hybridized carbons (Fsp3) is 0.818. The standard InChI is InChI=1S/C11H21N3O3S3/c1-4-18-10(19-5-2)12-17-11(15)13(3)20-14-6-8-16-9-7-14/h4-9H2,1-3H3. The summed E-state index contributed by atoms with van der Waals surface area (Å²) < 4.78 is 9.55. The lowest BCUT2D eigenvalue weighted by atomic mass is 10.5. The number of carbonyl (C=O) groups excluding carboxylic acids is 1. The van der Waals surface area contributed by atoms with Gasteiger partial charge in [-0.25, -0.2) is 13.4 Å². The van der Waals surface area contributed by atoms with Gasteiger partial charge >= 0.3 is 6.09 Å². The zero-order chi connectivity index (χ0) is 14.8. The van der Waals surface area contributed by atoms with Crippen molar-refractivity contribution in [1.82, 2.24) is 8.61 Å². The van der Waals surface area contributed by atoms with Crippen LogP contribution in [-0.4, -0.2) is 63.9 Å². The zero-order valence-corrected chi connectivity index (χ0v) is 14.5. The Labute approximate surface area is 133 Å². The number of morpholine rings is 1. The molecule has 0 radical (unpaired) electrons. The van der Waals surface area contributed by atoms with E-state index in [1.54, 1.807) is 30.6 Å². The summed E-state index contributed by atoms with van der Waals surface area (Å²) in [7, 11) is 1.68. The van der Waals surface area contributed by atoms with Gasteiger partial charge in [-0.1, -0.05) is 42.5 Å². The number of ether oxygens (including phenoxy) is 1. The first-order valence-corrected chi connectivity index (χ1v) is 9.16. The number of oxime groups is 1. The van der Waals surface area contributed by atoms with Gasteiger partial charge < -0.3 is 4.74 Å². The van der Waals surface area contributed by atoms with Crippen LogP contribution < -0.4 is 0 Å². The van der Waals surface area contributed by atoms with Crippen molar-refractivity contribution < 1.29 is 14.4 Å². The molecule has 0 aromatic carbocycles. The molecule has 0 saturated carbocycles. The first-order valence-electron chi connectivity index (χ1n) is 6.46. The quantitative estimate of drug-likeness (QED) is 0.251. The second-order valence-corrected chi connectivity index (χ2v) is 7.69. The lowest BCUT2D eigenvalue weighted by Crippen LogP contribution is -2.35. The van der Waals surface area contributed by atoms with Crippen LogP contribution >= 0.6 is 35.7 Å². The van der Waals surface area contributed by atoms with Gasteiger partial charge in [0.25, 0.3) is 0 Å². The topological polar surface area (TPSA) is 54.4 Å².